The van der Waals surface area contributed by atoms with E-state index in [-0.39, 0.29) is 11.4 Å². The number of rotatable bonds is 3. The summed E-state index contributed by atoms with van der Waals surface area (Å²) in [5, 5.41) is 9.51. The Balaban J connectivity index is 2.14. The molecule has 3 rings (SSSR count). The molecule has 0 fully saturated rings. The molecule has 1 aliphatic heterocycles. The smallest absolute Gasteiger partial charge is 0.132 e. The van der Waals surface area contributed by atoms with Gasteiger partial charge in [-0.05, 0) is 57.0 Å². The van der Waals surface area contributed by atoms with Crippen LogP contribution in [0.2, 0.25) is 0 Å². The Kier molecular flexibility index (Phi) is 4.70. The third-order valence-electron chi connectivity index (χ3n) is 4.92. The van der Waals surface area contributed by atoms with Crippen LogP contribution in [0.25, 0.3) is 17.2 Å². The van der Waals surface area contributed by atoms with Crippen LogP contribution in [0.3, 0.4) is 0 Å². The van der Waals surface area contributed by atoms with Gasteiger partial charge in [0.15, 0.2) is 0 Å². The first kappa shape index (κ1) is 17.9. The number of halogens is 1. The Bertz CT molecular complexity index is 931. The summed E-state index contributed by atoms with van der Waals surface area (Å²) in [5.41, 5.74) is 4.58. The molecule has 1 heterocycles. The monoisotopic (exact) mass is 346 g/mol. The van der Waals surface area contributed by atoms with Crippen LogP contribution in [-0.2, 0) is 0 Å². The third-order valence-corrected chi connectivity index (χ3v) is 4.92. The Morgan fingerprint density at radius 1 is 1.23 bits per heavy atom. The molecule has 0 bridgehead atoms. The molecule has 0 amide bonds. The van der Waals surface area contributed by atoms with Crippen molar-refractivity contribution >= 4 is 22.9 Å². The summed E-state index contributed by atoms with van der Waals surface area (Å²) in [6.45, 7) is 9.21. The highest BCUT2D eigenvalue weighted by Crippen LogP contribution is 2.40. The lowest BCUT2D eigenvalue weighted by atomic mass is 9.87. The quantitative estimate of drug-likeness (QED) is 0.510. The largest absolute Gasteiger partial charge is 0.363 e. The predicted octanol–water partition coefficient (Wildman–Crippen LogP) is 5.91. The van der Waals surface area contributed by atoms with Gasteiger partial charge in [-0.1, -0.05) is 36.4 Å². The Labute approximate surface area is 154 Å². The van der Waals surface area contributed by atoms with E-state index in [1.165, 1.54) is 0 Å². The van der Waals surface area contributed by atoms with Gasteiger partial charge in [-0.3, -0.25) is 0 Å². The number of fused-ring (bicyclic) bond motifs is 1. The van der Waals surface area contributed by atoms with Gasteiger partial charge in [0.05, 0.1) is 17.2 Å². The second kappa shape index (κ2) is 6.80. The Hall–Kier alpha value is -2.86. The van der Waals surface area contributed by atoms with Crippen LogP contribution in [0.1, 0.15) is 44.4 Å². The number of benzene rings is 2. The fourth-order valence-corrected chi connectivity index (χ4v) is 3.76. The topological polar surface area (TPSA) is 27.0 Å². The summed E-state index contributed by atoms with van der Waals surface area (Å²) >= 11 is 0. The van der Waals surface area contributed by atoms with Crippen molar-refractivity contribution in [3.63, 3.8) is 0 Å². The molecule has 0 spiro atoms. The molecule has 3 heteroatoms. The highest BCUT2D eigenvalue weighted by atomic mass is 19.1. The molecule has 26 heavy (non-hydrogen) atoms. The lowest BCUT2D eigenvalue weighted by Crippen LogP contribution is -2.45. The van der Waals surface area contributed by atoms with Gasteiger partial charge in [0.25, 0.3) is 0 Å². The van der Waals surface area contributed by atoms with Crippen molar-refractivity contribution in [2.24, 2.45) is 0 Å². The summed E-state index contributed by atoms with van der Waals surface area (Å²) in [6.07, 6.45) is 3.85. The Morgan fingerprint density at radius 3 is 2.54 bits per heavy atom. The standard InChI is InChI=1S/C23H23FN2/c1-5-26-22-13-21(24)18(12-20(22)16(2)14-23(26,3)4)11-19(15-25)17-9-7-6-8-10-17/h6-14H,5H2,1-4H3/b19-11-. The van der Waals surface area contributed by atoms with E-state index in [1.807, 2.05) is 36.4 Å². The van der Waals surface area contributed by atoms with Gasteiger partial charge in [-0.15, -0.1) is 0 Å². The summed E-state index contributed by atoms with van der Waals surface area (Å²) < 4.78 is 14.9. The number of hydrogen-bond acceptors (Lipinski definition) is 2. The highest BCUT2D eigenvalue weighted by molar-refractivity contribution is 5.91. The second-order valence-corrected chi connectivity index (χ2v) is 7.15. The van der Waals surface area contributed by atoms with Crippen molar-refractivity contribution in [1.82, 2.24) is 0 Å². The van der Waals surface area contributed by atoms with E-state index < -0.39 is 0 Å². The van der Waals surface area contributed by atoms with Crippen molar-refractivity contribution in [2.75, 3.05) is 11.4 Å². The van der Waals surface area contributed by atoms with Crippen LogP contribution >= 0.6 is 0 Å². The minimum atomic E-state index is -0.309. The van der Waals surface area contributed by atoms with Crippen molar-refractivity contribution < 1.29 is 4.39 Å². The molecule has 0 N–H and O–H groups in total. The van der Waals surface area contributed by atoms with Crippen LogP contribution in [-0.4, -0.2) is 12.1 Å². The molecule has 2 nitrogen and oxygen atoms in total. The minimum Gasteiger partial charge on any atom is -0.363 e. The van der Waals surface area contributed by atoms with Crippen LogP contribution in [0, 0.1) is 17.1 Å². The maximum atomic E-state index is 14.9. The van der Waals surface area contributed by atoms with E-state index in [0.29, 0.717) is 11.1 Å². The van der Waals surface area contributed by atoms with E-state index in [9.17, 15) is 9.65 Å². The molecule has 132 valence electrons. The highest BCUT2D eigenvalue weighted by Gasteiger charge is 2.30. The molecule has 0 saturated carbocycles. The maximum absolute atomic E-state index is 14.9. The molecule has 0 radical (unpaired) electrons. The van der Waals surface area contributed by atoms with Gasteiger partial charge < -0.3 is 4.90 Å². The average molecular weight is 346 g/mol. The SMILES string of the molecule is CCN1c2cc(F)c(/C=C(/C#N)c3ccccc3)cc2C(C)=CC1(C)C. The molecule has 2 aromatic carbocycles. The van der Waals surface area contributed by atoms with Crippen molar-refractivity contribution in [3.8, 4) is 6.07 Å². The first-order valence-electron chi connectivity index (χ1n) is 8.85. The lowest BCUT2D eigenvalue weighted by Gasteiger charge is -2.42. The molecule has 0 aromatic heterocycles. The predicted molar refractivity (Wildman–Crippen MR) is 107 cm³/mol. The molecular weight excluding hydrogens is 323 g/mol. The van der Waals surface area contributed by atoms with Gasteiger partial charge in [0, 0.05) is 23.4 Å². The lowest BCUT2D eigenvalue weighted by molar-refractivity contribution is 0.561. The maximum Gasteiger partial charge on any atom is 0.132 e. The number of likely N-dealkylation sites (N-methyl/N-ethyl adjacent to an activating group) is 1. The fraction of sp³-hybridized carbons (Fsp3) is 0.261. The number of anilines is 1. The molecule has 0 aliphatic carbocycles. The van der Waals surface area contributed by atoms with Crippen LogP contribution in [0.5, 0.6) is 0 Å². The summed E-state index contributed by atoms with van der Waals surface area (Å²) in [5.74, 6) is -0.309. The van der Waals surface area contributed by atoms with E-state index in [0.717, 1.165) is 28.9 Å². The zero-order chi connectivity index (χ0) is 18.9. The van der Waals surface area contributed by atoms with Crippen molar-refractivity contribution in [1.29, 1.82) is 5.26 Å². The van der Waals surface area contributed by atoms with Crippen LogP contribution in [0.15, 0.2) is 48.5 Å². The van der Waals surface area contributed by atoms with Crippen LogP contribution in [0.4, 0.5) is 10.1 Å². The number of nitriles is 1. The summed E-state index contributed by atoms with van der Waals surface area (Å²) in [6, 6.07) is 15.0. The van der Waals surface area contributed by atoms with E-state index in [1.54, 1.807) is 12.1 Å². The molecule has 2 aromatic rings. The van der Waals surface area contributed by atoms with Crippen LogP contribution < -0.4 is 4.90 Å². The van der Waals surface area contributed by atoms with Gasteiger partial charge in [0.2, 0.25) is 0 Å². The zero-order valence-electron chi connectivity index (χ0n) is 15.7. The zero-order valence-corrected chi connectivity index (χ0v) is 15.7. The molecule has 0 saturated heterocycles. The van der Waals surface area contributed by atoms with Crippen molar-refractivity contribution in [3.05, 3.63) is 71.0 Å². The Morgan fingerprint density at radius 2 is 1.92 bits per heavy atom. The average Bonchev–Trinajstić information content (AvgIpc) is 2.60. The third kappa shape index (κ3) is 3.15. The summed E-state index contributed by atoms with van der Waals surface area (Å²) in [7, 11) is 0. The van der Waals surface area contributed by atoms with E-state index in [2.05, 4.69) is 44.7 Å². The van der Waals surface area contributed by atoms with E-state index in [4.69, 9.17) is 0 Å². The number of nitrogens with zero attached hydrogens (tertiary/aromatic N) is 2. The molecule has 0 atom stereocenters. The van der Waals surface area contributed by atoms with E-state index >= 15 is 0 Å². The summed E-state index contributed by atoms with van der Waals surface area (Å²) in [4.78, 5) is 2.20. The molecule has 0 unspecified atom stereocenters. The van der Waals surface area contributed by atoms with Gasteiger partial charge >= 0.3 is 0 Å². The number of allylic oxidation sites excluding steroid dienone is 2. The molecule has 1 aliphatic rings. The number of hydrogen-bond donors (Lipinski definition) is 0. The fourth-order valence-electron chi connectivity index (χ4n) is 3.76. The van der Waals surface area contributed by atoms with Gasteiger partial charge in [-0.25, -0.2) is 4.39 Å². The first-order chi connectivity index (χ1) is 12.4. The van der Waals surface area contributed by atoms with Gasteiger partial charge in [0.1, 0.15) is 5.82 Å². The second-order valence-electron chi connectivity index (χ2n) is 7.15. The first-order valence-corrected chi connectivity index (χ1v) is 8.85. The van der Waals surface area contributed by atoms with Gasteiger partial charge in [-0.2, -0.15) is 5.26 Å². The van der Waals surface area contributed by atoms with Crippen molar-refractivity contribution in [2.45, 2.75) is 33.2 Å². The minimum absolute atomic E-state index is 0.155. The normalized spacial score (nSPS) is 15.9. The molecular formula is C23H23FN2.